The number of rotatable bonds is 3. The maximum Gasteiger partial charge on any atom is 0.254 e. The number of carbonyl (C=O) groups is 1. The van der Waals surface area contributed by atoms with Gasteiger partial charge in [0.15, 0.2) is 5.65 Å². The number of hydrogen-bond acceptors (Lipinski definition) is 7. The number of amides is 1. The Bertz CT molecular complexity index is 1150. The summed E-state index contributed by atoms with van der Waals surface area (Å²) in [5.74, 6) is -0.822. The Hall–Kier alpha value is -3.59. The monoisotopic (exact) mass is 377 g/mol. The summed E-state index contributed by atoms with van der Waals surface area (Å²) in [6, 6.07) is 0. The summed E-state index contributed by atoms with van der Waals surface area (Å²) in [4.78, 5) is 29.4. The molecule has 2 atom stereocenters. The maximum absolute atomic E-state index is 12.2. The largest absolute Gasteiger partial charge is 0.388 e. The SMILES string of the molecule is CC1=C(n2c(N)c(C(N)=O)c3nc(-c4cnccn4)cnc32)[C@@H](C)[C@H](O)C=C1. The molecule has 0 bridgehead atoms. The number of nitrogen functional groups attached to an aromatic ring is 1. The summed E-state index contributed by atoms with van der Waals surface area (Å²) in [5, 5.41) is 10.3. The summed E-state index contributed by atoms with van der Waals surface area (Å²) in [5.41, 5.74) is 15.3. The van der Waals surface area contributed by atoms with Gasteiger partial charge in [-0.05, 0) is 12.5 Å². The van der Waals surface area contributed by atoms with Crippen LogP contribution in [0.4, 0.5) is 5.82 Å². The highest BCUT2D eigenvalue weighted by Gasteiger charge is 2.30. The van der Waals surface area contributed by atoms with Crippen LogP contribution in [-0.2, 0) is 0 Å². The van der Waals surface area contributed by atoms with Crippen molar-refractivity contribution in [1.82, 2.24) is 24.5 Å². The number of nitrogens with two attached hydrogens (primary N) is 2. The Morgan fingerprint density at radius 1 is 1.21 bits per heavy atom. The zero-order chi connectivity index (χ0) is 20.0. The van der Waals surface area contributed by atoms with Gasteiger partial charge >= 0.3 is 0 Å². The molecule has 0 fully saturated rings. The van der Waals surface area contributed by atoms with E-state index in [4.69, 9.17) is 11.5 Å². The van der Waals surface area contributed by atoms with Crippen molar-refractivity contribution in [2.75, 3.05) is 5.73 Å². The molecule has 1 aliphatic carbocycles. The van der Waals surface area contributed by atoms with E-state index in [1.807, 2.05) is 19.9 Å². The fourth-order valence-electron chi connectivity index (χ4n) is 3.50. The number of fused-ring (bicyclic) bond motifs is 1. The Morgan fingerprint density at radius 2 is 2.00 bits per heavy atom. The normalized spacial score (nSPS) is 19.4. The van der Waals surface area contributed by atoms with Crippen LogP contribution in [0.5, 0.6) is 0 Å². The second-order valence-corrected chi connectivity index (χ2v) is 6.68. The number of aliphatic hydroxyl groups excluding tert-OH is 1. The molecular weight excluding hydrogens is 358 g/mol. The number of carbonyl (C=O) groups excluding carboxylic acids is 1. The molecule has 4 rings (SSSR count). The quantitative estimate of drug-likeness (QED) is 0.624. The molecule has 0 aromatic carbocycles. The van der Waals surface area contributed by atoms with E-state index in [0.717, 1.165) is 11.3 Å². The molecule has 0 radical (unpaired) electrons. The molecule has 1 amide bonds. The van der Waals surface area contributed by atoms with Crippen molar-refractivity contribution in [3.63, 3.8) is 0 Å². The molecule has 0 saturated carbocycles. The van der Waals surface area contributed by atoms with Crippen molar-refractivity contribution in [2.45, 2.75) is 20.0 Å². The van der Waals surface area contributed by atoms with E-state index in [-0.39, 0.29) is 22.8 Å². The number of anilines is 1. The number of allylic oxidation sites excluding steroid dienone is 2. The second-order valence-electron chi connectivity index (χ2n) is 6.68. The zero-order valence-electron chi connectivity index (χ0n) is 15.4. The van der Waals surface area contributed by atoms with Crippen molar-refractivity contribution < 1.29 is 9.90 Å². The molecule has 28 heavy (non-hydrogen) atoms. The highest BCUT2D eigenvalue weighted by atomic mass is 16.3. The van der Waals surface area contributed by atoms with E-state index in [2.05, 4.69) is 19.9 Å². The van der Waals surface area contributed by atoms with Crippen LogP contribution in [-0.4, -0.2) is 41.6 Å². The average Bonchev–Trinajstić information content (AvgIpc) is 2.97. The third kappa shape index (κ3) is 2.64. The number of primary amides is 1. The molecule has 142 valence electrons. The molecule has 0 spiro atoms. The van der Waals surface area contributed by atoms with Gasteiger partial charge in [0.2, 0.25) is 0 Å². The fourth-order valence-corrected chi connectivity index (χ4v) is 3.50. The number of aliphatic hydroxyl groups is 1. The molecule has 5 N–H and O–H groups in total. The third-order valence-corrected chi connectivity index (χ3v) is 4.90. The van der Waals surface area contributed by atoms with Gasteiger partial charge < -0.3 is 16.6 Å². The smallest absolute Gasteiger partial charge is 0.254 e. The van der Waals surface area contributed by atoms with Crippen molar-refractivity contribution in [3.05, 3.63) is 48.1 Å². The molecule has 0 saturated heterocycles. The van der Waals surface area contributed by atoms with Gasteiger partial charge in [0.25, 0.3) is 5.91 Å². The summed E-state index contributed by atoms with van der Waals surface area (Å²) in [6.07, 6.45) is 9.05. The molecule has 9 heteroatoms. The first kappa shape index (κ1) is 17.8. The molecule has 3 aromatic rings. The molecule has 9 nitrogen and oxygen atoms in total. The van der Waals surface area contributed by atoms with Crippen LogP contribution in [0, 0.1) is 5.92 Å². The van der Waals surface area contributed by atoms with E-state index in [0.29, 0.717) is 17.0 Å². The molecule has 3 aromatic heterocycles. The maximum atomic E-state index is 12.2. The molecule has 0 aliphatic heterocycles. The predicted molar refractivity (Wildman–Crippen MR) is 105 cm³/mol. The highest BCUT2D eigenvalue weighted by Crippen LogP contribution is 2.37. The van der Waals surface area contributed by atoms with Crippen LogP contribution in [0.2, 0.25) is 0 Å². The lowest BCUT2D eigenvalue weighted by molar-refractivity contribution is 0.100. The van der Waals surface area contributed by atoms with Gasteiger partial charge in [0.1, 0.15) is 28.3 Å². The lowest BCUT2D eigenvalue weighted by atomic mass is 9.91. The van der Waals surface area contributed by atoms with Crippen LogP contribution in [0.1, 0.15) is 24.2 Å². The Balaban J connectivity index is 2.03. The number of hydrogen-bond donors (Lipinski definition) is 3. The van der Waals surface area contributed by atoms with Gasteiger partial charge in [-0.2, -0.15) is 0 Å². The number of nitrogens with zero attached hydrogens (tertiary/aromatic N) is 5. The summed E-state index contributed by atoms with van der Waals surface area (Å²) < 4.78 is 1.65. The third-order valence-electron chi connectivity index (χ3n) is 4.90. The zero-order valence-corrected chi connectivity index (χ0v) is 15.4. The van der Waals surface area contributed by atoms with E-state index >= 15 is 0 Å². The van der Waals surface area contributed by atoms with Gasteiger partial charge in [0.05, 0.1) is 18.5 Å². The minimum atomic E-state index is -0.704. The van der Waals surface area contributed by atoms with Crippen molar-refractivity contribution >= 4 is 28.6 Å². The standard InChI is InChI=1S/C19H19N7O2/c1-9-3-4-13(27)10(2)16(9)26-17(20)14(18(21)28)15-19(26)24-8-12(25-15)11-7-22-5-6-23-11/h3-8,10,13,27H,20H2,1-2H3,(H2,21,28)/t10-,13+/m0/s1. The van der Waals surface area contributed by atoms with Crippen LogP contribution >= 0.6 is 0 Å². The van der Waals surface area contributed by atoms with Crippen LogP contribution in [0.15, 0.2) is 42.5 Å². The Labute approximate surface area is 160 Å². The topological polar surface area (TPSA) is 146 Å². The van der Waals surface area contributed by atoms with E-state index in [1.54, 1.807) is 35.4 Å². The van der Waals surface area contributed by atoms with Crippen molar-refractivity contribution in [3.8, 4) is 11.4 Å². The fraction of sp³-hybridized carbons (Fsp3) is 0.211. The Kier molecular flexibility index (Phi) is 4.16. The number of aromatic nitrogens is 5. The first-order valence-corrected chi connectivity index (χ1v) is 8.70. The average molecular weight is 377 g/mol. The van der Waals surface area contributed by atoms with Crippen molar-refractivity contribution in [1.29, 1.82) is 0 Å². The lowest BCUT2D eigenvalue weighted by Crippen LogP contribution is -2.24. The minimum Gasteiger partial charge on any atom is -0.388 e. The predicted octanol–water partition coefficient (Wildman–Crippen LogP) is 1.37. The molecular formula is C19H19N7O2. The summed E-state index contributed by atoms with van der Waals surface area (Å²) in [6.45, 7) is 3.79. The van der Waals surface area contributed by atoms with E-state index in [9.17, 15) is 9.90 Å². The first-order valence-electron chi connectivity index (χ1n) is 8.70. The first-order chi connectivity index (χ1) is 13.4. The van der Waals surface area contributed by atoms with Crippen LogP contribution in [0.25, 0.3) is 28.2 Å². The van der Waals surface area contributed by atoms with Gasteiger partial charge in [-0.15, -0.1) is 0 Å². The summed E-state index contributed by atoms with van der Waals surface area (Å²) >= 11 is 0. The molecule has 3 heterocycles. The van der Waals surface area contributed by atoms with Gasteiger partial charge in [-0.3, -0.25) is 19.3 Å². The summed E-state index contributed by atoms with van der Waals surface area (Å²) in [7, 11) is 0. The second kappa shape index (κ2) is 6.54. The molecule has 1 aliphatic rings. The highest BCUT2D eigenvalue weighted by molar-refractivity contribution is 6.10. The minimum absolute atomic E-state index is 0.0878. The van der Waals surface area contributed by atoms with E-state index < -0.39 is 12.0 Å². The lowest BCUT2D eigenvalue weighted by Gasteiger charge is -2.27. The van der Waals surface area contributed by atoms with Crippen molar-refractivity contribution in [2.24, 2.45) is 11.7 Å². The van der Waals surface area contributed by atoms with Gasteiger partial charge in [0, 0.05) is 24.0 Å². The molecule has 0 unspecified atom stereocenters. The van der Waals surface area contributed by atoms with Crippen LogP contribution in [0.3, 0.4) is 0 Å². The van der Waals surface area contributed by atoms with Gasteiger partial charge in [-0.25, -0.2) is 9.97 Å². The van der Waals surface area contributed by atoms with Gasteiger partial charge in [-0.1, -0.05) is 19.1 Å². The van der Waals surface area contributed by atoms with E-state index in [1.165, 1.54) is 0 Å². The van der Waals surface area contributed by atoms with Crippen LogP contribution < -0.4 is 11.5 Å². The Morgan fingerprint density at radius 3 is 2.68 bits per heavy atom.